The maximum Gasteiger partial charge on any atom is 0.240 e. The first-order chi connectivity index (χ1) is 14.0. The molecule has 4 aromatic rings. The predicted molar refractivity (Wildman–Crippen MR) is 113 cm³/mol. The molecule has 29 heavy (non-hydrogen) atoms. The molecular weight excluding hydrogens is 384 g/mol. The Morgan fingerprint density at radius 2 is 1.55 bits per heavy atom. The summed E-state index contributed by atoms with van der Waals surface area (Å²) < 4.78 is 34.1. The van der Waals surface area contributed by atoms with Gasteiger partial charge >= 0.3 is 0 Å². The molecule has 0 radical (unpaired) electrons. The van der Waals surface area contributed by atoms with E-state index < -0.39 is 9.84 Å². The minimum atomic E-state index is -3.76. The van der Waals surface area contributed by atoms with Crippen LogP contribution in [0.25, 0.3) is 11.0 Å². The summed E-state index contributed by atoms with van der Waals surface area (Å²) in [4.78, 5) is 4.62. The highest BCUT2D eigenvalue weighted by molar-refractivity contribution is 7.91. The molecule has 0 aliphatic rings. The van der Waals surface area contributed by atoms with Crippen molar-refractivity contribution in [2.24, 2.45) is 0 Å². The molecule has 3 aromatic carbocycles. The first-order valence-corrected chi connectivity index (χ1v) is 10.9. The van der Waals surface area contributed by atoms with Crippen molar-refractivity contribution in [2.75, 3.05) is 0 Å². The number of ether oxygens (including phenoxy) is 1. The van der Waals surface area contributed by atoms with Crippen molar-refractivity contribution in [3.63, 3.8) is 0 Å². The normalized spacial score (nSPS) is 11.8. The Labute approximate surface area is 170 Å². The number of benzene rings is 3. The fourth-order valence-corrected chi connectivity index (χ4v) is 4.76. The molecule has 1 heterocycles. The zero-order valence-corrected chi connectivity index (χ0v) is 17.1. The summed E-state index contributed by atoms with van der Waals surface area (Å²) in [6, 6.07) is 23.7. The number of fused-ring (bicyclic) bond motifs is 1. The minimum absolute atomic E-state index is 0.0411. The van der Waals surface area contributed by atoms with Crippen LogP contribution in [0.4, 0.5) is 0 Å². The van der Waals surface area contributed by atoms with Gasteiger partial charge in [0.25, 0.3) is 0 Å². The first kappa shape index (κ1) is 19.2. The van der Waals surface area contributed by atoms with Crippen molar-refractivity contribution in [3.8, 4) is 5.75 Å². The van der Waals surface area contributed by atoms with Gasteiger partial charge in [-0.3, -0.25) is 0 Å². The summed E-state index contributed by atoms with van der Waals surface area (Å²) in [7, 11) is -3.76. The third kappa shape index (κ3) is 3.76. The Kier molecular flexibility index (Phi) is 5.11. The van der Waals surface area contributed by atoms with Gasteiger partial charge in [-0.1, -0.05) is 42.5 Å². The Bertz CT molecular complexity index is 1230. The highest BCUT2D eigenvalue weighted by Crippen LogP contribution is 2.29. The van der Waals surface area contributed by atoms with Crippen molar-refractivity contribution in [1.29, 1.82) is 0 Å². The number of sulfone groups is 1. The van der Waals surface area contributed by atoms with E-state index in [1.54, 1.807) is 28.8 Å². The summed E-state index contributed by atoms with van der Waals surface area (Å²) in [5, 5.41) is 0.0617. The van der Waals surface area contributed by atoms with E-state index in [1.807, 2.05) is 68.4 Å². The summed E-state index contributed by atoms with van der Waals surface area (Å²) >= 11 is 0. The molecule has 0 spiro atoms. The van der Waals surface area contributed by atoms with Crippen LogP contribution in [-0.2, 0) is 16.4 Å². The van der Waals surface area contributed by atoms with Crippen molar-refractivity contribution >= 4 is 20.9 Å². The maximum atomic E-state index is 13.3. The van der Waals surface area contributed by atoms with E-state index in [9.17, 15) is 8.42 Å². The van der Waals surface area contributed by atoms with Crippen LogP contribution in [-0.4, -0.2) is 18.0 Å². The summed E-state index contributed by atoms with van der Waals surface area (Å²) in [6.07, 6.45) is 0. The number of hydrogen-bond acceptors (Lipinski definition) is 4. The average Bonchev–Trinajstić information content (AvgIpc) is 3.14. The van der Waals surface area contributed by atoms with Crippen LogP contribution in [0.15, 0.2) is 88.9 Å². The molecular formula is C23H22N2O3S. The third-order valence-corrected chi connectivity index (χ3v) is 6.36. The molecule has 0 aliphatic carbocycles. The zero-order valence-electron chi connectivity index (χ0n) is 16.3. The van der Waals surface area contributed by atoms with E-state index in [1.165, 1.54) is 0 Å². The topological polar surface area (TPSA) is 61.2 Å². The molecule has 1 aromatic heterocycles. The molecule has 148 valence electrons. The first-order valence-electron chi connectivity index (χ1n) is 9.45. The lowest BCUT2D eigenvalue weighted by molar-refractivity contribution is 0.306. The lowest BCUT2D eigenvalue weighted by Gasteiger charge is -2.13. The van der Waals surface area contributed by atoms with Crippen LogP contribution in [0.2, 0.25) is 0 Å². The lowest BCUT2D eigenvalue weighted by Crippen LogP contribution is -2.13. The second-order valence-electron chi connectivity index (χ2n) is 7.10. The lowest BCUT2D eigenvalue weighted by atomic mass is 10.2. The van der Waals surface area contributed by atoms with Gasteiger partial charge in [0.1, 0.15) is 12.4 Å². The van der Waals surface area contributed by atoms with Crippen molar-refractivity contribution in [1.82, 2.24) is 9.55 Å². The van der Waals surface area contributed by atoms with Crippen LogP contribution in [0, 0.1) is 0 Å². The summed E-state index contributed by atoms with van der Waals surface area (Å²) in [5.74, 6) is 0.616. The molecule has 0 saturated heterocycles. The Morgan fingerprint density at radius 3 is 2.24 bits per heavy atom. The Balaban J connectivity index is 1.64. The van der Waals surface area contributed by atoms with E-state index in [-0.39, 0.29) is 16.1 Å². The highest BCUT2D eigenvalue weighted by Gasteiger charge is 2.27. The summed E-state index contributed by atoms with van der Waals surface area (Å²) in [6.45, 7) is 4.33. The fourth-order valence-electron chi connectivity index (χ4n) is 3.27. The largest absolute Gasteiger partial charge is 0.489 e. The van der Waals surface area contributed by atoms with Gasteiger partial charge in [0.15, 0.2) is 0 Å². The van der Waals surface area contributed by atoms with Crippen molar-refractivity contribution < 1.29 is 13.2 Å². The monoisotopic (exact) mass is 406 g/mol. The fraction of sp³-hybridized carbons (Fsp3) is 0.174. The molecule has 6 heteroatoms. The Hall–Kier alpha value is -3.12. The molecule has 0 saturated carbocycles. The molecule has 4 rings (SSSR count). The molecule has 0 N–H and O–H groups in total. The van der Waals surface area contributed by atoms with Gasteiger partial charge < -0.3 is 9.30 Å². The zero-order chi connectivity index (χ0) is 20.4. The van der Waals surface area contributed by atoms with E-state index in [4.69, 9.17) is 4.74 Å². The predicted octanol–water partition coefficient (Wildman–Crippen LogP) is 5.03. The number of aromatic nitrogens is 2. The molecule has 0 unspecified atom stereocenters. The molecule has 0 amide bonds. The summed E-state index contributed by atoms with van der Waals surface area (Å²) in [5.41, 5.74) is 2.53. The molecule has 0 fully saturated rings. The second kappa shape index (κ2) is 7.72. The van der Waals surface area contributed by atoms with E-state index in [2.05, 4.69) is 4.98 Å². The van der Waals surface area contributed by atoms with Crippen molar-refractivity contribution in [2.45, 2.75) is 36.5 Å². The van der Waals surface area contributed by atoms with E-state index in [0.29, 0.717) is 17.9 Å². The third-order valence-electron chi connectivity index (χ3n) is 4.70. The van der Waals surface area contributed by atoms with Crippen LogP contribution in [0.5, 0.6) is 5.75 Å². The van der Waals surface area contributed by atoms with Gasteiger partial charge in [-0.25, -0.2) is 13.4 Å². The Morgan fingerprint density at radius 1 is 0.897 bits per heavy atom. The molecule has 0 bridgehead atoms. The van der Waals surface area contributed by atoms with Crippen molar-refractivity contribution in [3.05, 3.63) is 84.4 Å². The van der Waals surface area contributed by atoms with Gasteiger partial charge in [-0.2, -0.15) is 0 Å². The van der Waals surface area contributed by atoms with Crippen LogP contribution in [0.3, 0.4) is 0 Å². The van der Waals surface area contributed by atoms with Gasteiger partial charge in [-0.15, -0.1) is 0 Å². The van der Waals surface area contributed by atoms with Gasteiger partial charge in [0.2, 0.25) is 15.0 Å². The minimum Gasteiger partial charge on any atom is -0.489 e. The number of para-hydroxylation sites is 2. The average molecular weight is 407 g/mol. The molecule has 5 nitrogen and oxygen atoms in total. The SMILES string of the molecule is CC(C)n1c(S(=O)(=O)c2ccc(OCc3ccccc3)cc2)nc2ccccc21. The van der Waals surface area contributed by atoms with Gasteiger partial charge in [0, 0.05) is 6.04 Å². The van der Waals surface area contributed by atoms with E-state index in [0.717, 1.165) is 11.1 Å². The van der Waals surface area contributed by atoms with E-state index >= 15 is 0 Å². The van der Waals surface area contributed by atoms with Crippen LogP contribution >= 0.6 is 0 Å². The maximum absolute atomic E-state index is 13.3. The molecule has 0 atom stereocenters. The molecule has 0 aliphatic heterocycles. The van der Waals surface area contributed by atoms with Crippen LogP contribution < -0.4 is 4.74 Å². The van der Waals surface area contributed by atoms with Gasteiger partial charge in [0.05, 0.1) is 15.9 Å². The number of nitrogens with zero attached hydrogens (tertiary/aromatic N) is 2. The standard InChI is InChI=1S/C23H22N2O3S/c1-17(2)25-22-11-7-6-10-21(22)24-23(25)29(26,27)20-14-12-19(13-15-20)28-16-18-8-4-3-5-9-18/h3-15,17H,16H2,1-2H3. The van der Waals surface area contributed by atoms with Crippen LogP contribution in [0.1, 0.15) is 25.5 Å². The second-order valence-corrected chi connectivity index (χ2v) is 8.94. The quantitative estimate of drug-likeness (QED) is 0.451. The number of hydrogen-bond donors (Lipinski definition) is 0. The highest BCUT2D eigenvalue weighted by atomic mass is 32.2. The smallest absolute Gasteiger partial charge is 0.240 e. The van der Waals surface area contributed by atoms with Gasteiger partial charge in [-0.05, 0) is 55.8 Å². The number of rotatable bonds is 6. The number of imidazole rings is 1.